The van der Waals surface area contributed by atoms with Crippen LogP contribution >= 0.6 is 11.6 Å². The first-order valence-corrected chi connectivity index (χ1v) is 12.1. The summed E-state index contributed by atoms with van der Waals surface area (Å²) < 4.78 is 6.04. The summed E-state index contributed by atoms with van der Waals surface area (Å²) in [6.07, 6.45) is 5.76. The van der Waals surface area contributed by atoms with E-state index >= 15 is 0 Å². The third-order valence-electron chi connectivity index (χ3n) is 6.89. The number of dihydropyridines is 1. The predicted molar refractivity (Wildman–Crippen MR) is 132 cm³/mol. The van der Waals surface area contributed by atoms with Crippen molar-refractivity contribution in [2.45, 2.75) is 59.3 Å². The molecule has 0 atom stereocenters. The third-order valence-corrected chi connectivity index (χ3v) is 7.20. The SMILES string of the molecule is CC1(C)CC(=O)C2=C(C1)NC1=C(C(=O)CC(C)(C)C1)C2c1ccc(Cl)c(Oc2ccncc2)c1. The van der Waals surface area contributed by atoms with E-state index in [2.05, 4.69) is 38.0 Å². The van der Waals surface area contributed by atoms with Crippen molar-refractivity contribution in [3.8, 4) is 11.5 Å². The van der Waals surface area contributed by atoms with Crippen LogP contribution in [-0.4, -0.2) is 16.6 Å². The fraction of sp³-hybridized carbons (Fsp3) is 0.393. The van der Waals surface area contributed by atoms with Crippen molar-refractivity contribution < 1.29 is 14.3 Å². The molecule has 0 amide bonds. The predicted octanol–water partition coefficient (Wildman–Crippen LogP) is 6.50. The Hall–Kier alpha value is -2.92. The Labute approximate surface area is 205 Å². The average molecular weight is 477 g/mol. The maximum Gasteiger partial charge on any atom is 0.162 e. The average Bonchev–Trinajstić information content (AvgIpc) is 2.73. The third kappa shape index (κ3) is 4.18. The van der Waals surface area contributed by atoms with Gasteiger partial charge in [0.25, 0.3) is 0 Å². The van der Waals surface area contributed by atoms with E-state index in [4.69, 9.17) is 16.3 Å². The molecule has 2 heterocycles. The number of halogens is 1. The zero-order valence-corrected chi connectivity index (χ0v) is 20.8. The molecule has 1 aliphatic heterocycles. The van der Waals surface area contributed by atoms with Gasteiger partial charge in [-0.3, -0.25) is 14.6 Å². The van der Waals surface area contributed by atoms with E-state index in [-0.39, 0.29) is 22.4 Å². The van der Waals surface area contributed by atoms with E-state index < -0.39 is 5.92 Å². The number of carbonyl (C=O) groups excluding carboxylic acids is 2. The number of ether oxygens (including phenoxy) is 1. The van der Waals surface area contributed by atoms with Crippen molar-refractivity contribution in [3.63, 3.8) is 0 Å². The molecular formula is C28H29ClN2O3. The minimum Gasteiger partial charge on any atom is -0.456 e. The number of nitrogens with zero attached hydrogens (tertiary/aromatic N) is 1. The summed E-state index contributed by atoms with van der Waals surface area (Å²) in [6.45, 7) is 8.48. The molecule has 1 aromatic heterocycles. The molecule has 0 saturated carbocycles. The van der Waals surface area contributed by atoms with Crippen molar-refractivity contribution in [1.82, 2.24) is 10.3 Å². The van der Waals surface area contributed by atoms with Crippen LogP contribution in [0.15, 0.2) is 65.3 Å². The quantitative estimate of drug-likeness (QED) is 0.547. The lowest BCUT2D eigenvalue weighted by molar-refractivity contribution is -0.119. The molecular weight excluding hydrogens is 448 g/mol. The molecule has 0 bridgehead atoms. The summed E-state index contributed by atoms with van der Waals surface area (Å²) in [5.74, 6) is 0.875. The number of ketones is 2. The summed E-state index contributed by atoms with van der Waals surface area (Å²) in [7, 11) is 0. The highest BCUT2D eigenvalue weighted by atomic mass is 35.5. The topological polar surface area (TPSA) is 68.3 Å². The Morgan fingerprint density at radius 1 is 0.882 bits per heavy atom. The molecule has 0 fully saturated rings. The van der Waals surface area contributed by atoms with Crippen molar-refractivity contribution in [2.75, 3.05) is 0 Å². The number of Topliss-reactive ketones (excluding diaryl/α,β-unsaturated/α-hetero) is 2. The van der Waals surface area contributed by atoms with Crippen molar-refractivity contribution >= 4 is 23.2 Å². The Morgan fingerprint density at radius 2 is 1.44 bits per heavy atom. The lowest BCUT2D eigenvalue weighted by Gasteiger charge is -2.44. The molecule has 6 heteroatoms. The second-order valence-corrected chi connectivity index (χ2v) is 11.6. The highest BCUT2D eigenvalue weighted by molar-refractivity contribution is 6.32. The smallest absolute Gasteiger partial charge is 0.162 e. The largest absolute Gasteiger partial charge is 0.456 e. The van der Waals surface area contributed by atoms with E-state index in [0.29, 0.717) is 40.5 Å². The number of hydrogen-bond acceptors (Lipinski definition) is 5. The van der Waals surface area contributed by atoms with Gasteiger partial charge in [0.15, 0.2) is 11.6 Å². The van der Waals surface area contributed by atoms with Gasteiger partial charge in [-0.05, 0) is 53.5 Å². The van der Waals surface area contributed by atoms with Crippen molar-refractivity contribution in [1.29, 1.82) is 0 Å². The Bertz CT molecular complexity index is 1210. The van der Waals surface area contributed by atoms with Gasteiger partial charge in [-0.2, -0.15) is 0 Å². The number of pyridine rings is 1. The highest BCUT2D eigenvalue weighted by Crippen LogP contribution is 2.51. The maximum atomic E-state index is 13.5. The number of aromatic nitrogens is 1. The second kappa shape index (κ2) is 8.09. The van der Waals surface area contributed by atoms with E-state index in [0.717, 1.165) is 29.8 Å². The standard InChI is InChI=1S/C28H29ClN2O3/c1-27(2)12-19-25(21(32)14-27)24(26-20(31-19)13-28(3,4)15-22(26)33)16-5-6-18(29)23(11-16)34-17-7-9-30-10-8-17/h5-11,24,31H,12-15H2,1-4H3. The molecule has 0 saturated heterocycles. The van der Waals surface area contributed by atoms with Crippen LogP contribution in [0.1, 0.15) is 64.9 Å². The van der Waals surface area contributed by atoms with Crippen molar-refractivity contribution in [2.24, 2.45) is 10.8 Å². The molecule has 5 rings (SSSR count). The molecule has 1 aromatic carbocycles. The van der Waals surface area contributed by atoms with Gasteiger partial charge in [-0.1, -0.05) is 45.4 Å². The molecule has 0 radical (unpaired) electrons. The molecule has 34 heavy (non-hydrogen) atoms. The first-order valence-electron chi connectivity index (χ1n) is 11.7. The number of hydrogen-bond donors (Lipinski definition) is 1. The number of nitrogens with one attached hydrogen (secondary N) is 1. The van der Waals surface area contributed by atoms with Gasteiger partial charge in [-0.15, -0.1) is 0 Å². The van der Waals surface area contributed by atoms with Crippen LogP contribution < -0.4 is 10.1 Å². The number of benzene rings is 1. The van der Waals surface area contributed by atoms with Gasteiger partial charge in [0, 0.05) is 53.7 Å². The van der Waals surface area contributed by atoms with E-state index in [1.165, 1.54) is 0 Å². The van der Waals surface area contributed by atoms with Crippen LogP contribution in [0.2, 0.25) is 5.02 Å². The molecule has 0 spiro atoms. The van der Waals surface area contributed by atoms with Crippen LogP contribution in [0.25, 0.3) is 0 Å². The fourth-order valence-electron chi connectivity index (χ4n) is 5.53. The summed E-state index contributed by atoms with van der Waals surface area (Å²) >= 11 is 6.48. The van der Waals surface area contributed by atoms with Crippen LogP contribution in [0, 0.1) is 10.8 Å². The van der Waals surface area contributed by atoms with E-state index in [9.17, 15) is 9.59 Å². The van der Waals surface area contributed by atoms with Crippen molar-refractivity contribution in [3.05, 3.63) is 75.9 Å². The Morgan fingerprint density at radius 3 is 2.00 bits per heavy atom. The normalized spacial score (nSPS) is 21.7. The minimum absolute atomic E-state index is 0.0967. The Balaban J connectivity index is 1.65. The summed E-state index contributed by atoms with van der Waals surface area (Å²) in [4.78, 5) is 31.0. The highest BCUT2D eigenvalue weighted by Gasteiger charge is 2.46. The molecule has 176 valence electrons. The van der Waals surface area contributed by atoms with Gasteiger partial charge in [0.2, 0.25) is 0 Å². The molecule has 3 aliphatic rings. The summed E-state index contributed by atoms with van der Waals surface area (Å²) in [5.41, 5.74) is 3.90. The van der Waals surface area contributed by atoms with E-state index in [1.807, 2.05) is 12.1 Å². The van der Waals surface area contributed by atoms with Gasteiger partial charge in [-0.25, -0.2) is 0 Å². The molecule has 5 nitrogen and oxygen atoms in total. The minimum atomic E-state index is -0.421. The van der Waals surface area contributed by atoms with Gasteiger partial charge in [0.1, 0.15) is 11.5 Å². The lowest BCUT2D eigenvalue weighted by atomic mass is 9.64. The molecule has 2 aromatic rings. The lowest BCUT2D eigenvalue weighted by Crippen LogP contribution is -2.42. The summed E-state index contributed by atoms with van der Waals surface area (Å²) in [6, 6.07) is 9.08. The van der Waals surface area contributed by atoms with Gasteiger partial charge >= 0.3 is 0 Å². The first kappa shape index (κ1) is 22.9. The number of carbonyl (C=O) groups is 2. The first-order chi connectivity index (χ1) is 16.0. The van der Waals surface area contributed by atoms with Crippen LogP contribution in [0.3, 0.4) is 0 Å². The number of rotatable bonds is 3. The van der Waals surface area contributed by atoms with Gasteiger partial charge < -0.3 is 10.1 Å². The maximum absolute atomic E-state index is 13.5. The second-order valence-electron chi connectivity index (χ2n) is 11.2. The van der Waals surface area contributed by atoms with Crippen LogP contribution in [-0.2, 0) is 9.59 Å². The zero-order valence-electron chi connectivity index (χ0n) is 20.0. The fourth-order valence-corrected chi connectivity index (χ4v) is 5.69. The van der Waals surface area contributed by atoms with Crippen LogP contribution in [0.4, 0.5) is 0 Å². The molecule has 1 N–H and O–H groups in total. The zero-order chi connectivity index (χ0) is 24.3. The number of allylic oxidation sites excluding steroid dienone is 4. The molecule has 0 unspecified atom stereocenters. The van der Waals surface area contributed by atoms with Crippen LogP contribution in [0.5, 0.6) is 11.5 Å². The van der Waals surface area contributed by atoms with Gasteiger partial charge in [0.05, 0.1) is 5.02 Å². The molecule has 2 aliphatic carbocycles. The van der Waals surface area contributed by atoms with E-state index in [1.54, 1.807) is 30.6 Å². The summed E-state index contributed by atoms with van der Waals surface area (Å²) in [5, 5.41) is 4.01. The monoisotopic (exact) mass is 476 g/mol. The Kier molecular flexibility index (Phi) is 5.44.